The molecule has 0 saturated heterocycles. The lowest BCUT2D eigenvalue weighted by molar-refractivity contribution is 0.0696. The number of carboxylic acid groups (broad SMARTS) is 1. The van der Waals surface area contributed by atoms with Crippen molar-refractivity contribution in [3.63, 3.8) is 0 Å². The standard InChI is InChI=1S/C17H14N4O4S/c1-25-14-8-4-11(5-9-14)15(22)10-26-17-18-19-20-21(17)13-6-2-12(3-7-13)16(23)24/h2-9H,10H2,1H3,(H,23,24). The number of aromatic carboxylic acids is 1. The van der Waals surface area contributed by atoms with E-state index in [4.69, 9.17) is 9.84 Å². The van der Waals surface area contributed by atoms with Gasteiger partial charge in [0.15, 0.2) is 5.78 Å². The molecule has 1 heterocycles. The Morgan fingerprint density at radius 2 is 1.73 bits per heavy atom. The maximum Gasteiger partial charge on any atom is 0.335 e. The molecule has 0 saturated carbocycles. The maximum absolute atomic E-state index is 12.3. The smallest absolute Gasteiger partial charge is 0.335 e. The number of Topliss-reactive ketones (excluding diaryl/α,β-unsaturated/α-hetero) is 1. The quantitative estimate of drug-likeness (QED) is 0.499. The lowest BCUT2D eigenvalue weighted by Gasteiger charge is -2.05. The van der Waals surface area contributed by atoms with Crippen molar-refractivity contribution in [3.8, 4) is 11.4 Å². The minimum Gasteiger partial charge on any atom is -0.497 e. The van der Waals surface area contributed by atoms with E-state index in [1.807, 2.05) is 0 Å². The van der Waals surface area contributed by atoms with Crippen LogP contribution in [0.5, 0.6) is 5.75 Å². The number of carbonyl (C=O) groups excluding carboxylic acids is 1. The lowest BCUT2D eigenvalue weighted by atomic mass is 10.1. The summed E-state index contributed by atoms with van der Waals surface area (Å²) in [6.45, 7) is 0. The van der Waals surface area contributed by atoms with Gasteiger partial charge in [0.05, 0.1) is 24.1 Å². The molecule has 0 atom stereocenters. The zero-order valence-electron chi connectivity index (χ0n) is 13.7. The highest BCUT2D eigenvalue weighted by Gasteiger charge is 2.13. The largest absolute Gasteiger partial charge is 0.497 e. The van der Waals surface area contributed by atoms with E-state index in [0.29, 0.717) is 22.2 Å². The first kappa shape index (κ1) is 17.6. The predicted molar refractivity (Wildman–Crippen MR) is 94.2 cm³/mol. The topological polar surface area (TPSA) is 107 Å². The highest BCUT2D eigenvalue weighted by molar-refractivity contribution is 7.99. The van der Waals surface area contributed by atoms with Gasteiger partial charge in [0.2, 0.25) is 5.16 Å². The summed E-state index contributed by atoms with van der Waals surface area (Å²) in [7, 11) is 1.56. The van der Waals surface area contributed by atoms with Gasteiger partial charge in [-0.2, -0.15) is 4.68 Å². The van der Waals surface area contributed by atoms with Gasteiger partial charge in [0.1, 0.15) is 5.75 Å². The van der Waals surface area contributed by atoms with Crippen LogP contribution in [-0.4, -0.2) is 49.9 Å². The average molecular weight is 370 g/mol. The number of ether oxygens (including phenoxy) is 1. The van der Waals surface area contributed by atoms with Crippen LogP contribution in [0.25, 0.3) is 5.69 Å². The fraction of sp³-hybridized carbons (Fsp3) is 0.118. The fourth-order valence-corrected chi connectivity index (χ4v) is 2.95. The van der Waals surface area contributed by atoms with Crippen LogP contribution in [0.15, 0.2) is 53.7 Å². The number of carboxylic acids is 1. The minimum absolute atomic E-state index is 0.0616. The second kappa shape index (κ2) is 7.79. The number of carbonyl (C=O) groups is 2. The van der Waals surface area contributed by atoms with Crippen molar-refractivity contribution in [2.24, 2.45) is 0 Å². The molecule has 0 fully saturated rings. The van der Waals surface area contributed by atoms with Crippen LogP contribution >= 0.6 is 11.8 Å². The molecule has 1 aromatic heterocycles. The molecule has 0 amide bonds. The fourth-order valence-electron chi connectivity index (χ4n) is 2.17. The summed E-state index contributed by atoms with van der Waals surface area (Å²) in [5, 5.41) is 20.8. The highest BCUT2D eigenvalue weighted by atomic mass is 32.2. The summed E-state index contributed by atoms with van der Waals surface area (Å²) in [5.74, 6) is -0.218. The van der Waals surface area contributed by atoms with Crippen LogP contribution in [0.4, 0.5) is 0 Å². The molecule has 0 unspecified atom stereocenters. The summed E-state index contributed by atoms with van der Waals surface area (Å²) in [6, 6.07) is 13.0. The van der Waals surface area contributed by atoms with Crippen LogP contribution in [0.3, 0.4) is 0 Å². The van der Waals surface area contributed by atoms with Gasteiger partial charge < -0.3 is 9.84 Å². The summed E-state index contributed by atoms with van der Waals surface area (Å²) in [5.41, 5.74) is 1.35. The first-order chi connectivity index (χ1) is 12.6. The Morgan fingerprint density at radius 1 is 1.08 bits per heavy atom. The average Bonchev–Trinajstić information content (AvgIpc) is 3.15. The van der Waals surface area contributed by atoms with Crippen molar-refractivity contribution in [2.45, 2.75) is 5.16 Å². The number of rotatable bonds is 7. The van der Waals surface area contributed by atoms with E-state index in [1.165, 1.54) is 28.6 Å². The van der Waals surface area contributed by atoms with E-state index < -0.39 is 5.97 Å². The second-order valence-corrected chi connectivity index (χ2v) is 6.11. The molecule has 3 rings (SSSR count). The molecule has 0 aliphatic rings. The molecule has 2 aromatic carbocycles. The molecule has 0 aliphatic carbocycles. The molecule has 0 radical (unpaired) electrons. The lowest BCUT2D eigenvalue weighted by Crippen LogP contribution is -2.05. The predicted octanol–water partition coefficient (Wildman–Crippen LogP) is 2.34. The first-order valence-electron chi connectivity index (χ1n) is 7.50. The van der Waals surface area contributed by atoms with Gasteiger partial charge >= 0.3 is 5.97 Å². The van der Waals surface area contributed by atoms with Crippen molar-refractivity contribution >= 4 is 23.5 Å². The number of aromatic nitrogens is 4. The molecule has 0 bridgehead atoms. The van der Waals surface area contributed by atoms with E-state index in [2.05, 4.69) is 15.5 Å². The van der Waals surface area contributed by atoms with Gasteiger partial charge in [-0.05, 0) is 59.0 Å². The number of ketones is 1. The van der Waals surface area contributed by atoms with E-state index in [1.54, 1.807) is 43.5 Å². The zero-order chi connectivity index (χ0) is 18.5. The summed E-state index contributed by atoms with van der Waals surface area (Å²) in [6.07, 6.45) is 0. The van der Waals surface area contributed by atoms with Gasteiger partial charge in [0.25, 0.3) is 0 Å². The Kier molecular flexibility index (Phi) is 5.28. The molecule has 8 nitrogen and oxygen atoms in total. The van der Waals surface area contributed by atoms with E-state index in [0.717, 1.165) is 0 Å². The number of nitrogens with zero attached hydrogens (tertiary/aromatic N) is 4. The number of benzene rings is 2. The van der Waals surface area contributed by atoms with Crippen LogP contribution in [0.1, 0.15) is 20.7 Å². The molecule has 0 aliphatic heterocycles. The van der Waals surface area contributed by atoms with Gasteiger partial charge in [-0.3, -0.25) is 4.79 Å². The Morgan fingerprint density at radius 3 is 2.35 bits per heavy atom. The van der Waals surface area contributed by atoms with Crippen molar-refractivity contribution in [3.05, 3.63) is 59.7 Å². The van der Waals surface area contributed by atoms with E-state index >= 15 is 0 Å². The molecule has 26 heavy (non-hydrogen) atoms. The molecule has 3 aromatic rings. The minimum atomic E-state index is -1.01. The Hall–Kier alpha value is -3.20. The Balaban J connectivity index is 1.70. The van der Waals surface area contributed by atoms with Crippen molar-refractivity contribution in [2.75, 3.05) is 12.9 Å². The van der Waals surface area contributed by atoms with Gasteiger partial charge in [-0.1, -0.05) is 11.8 Å². The summed E-state index contributed by atoms with van der Waals surface area (Å²) < 4.78 is 6.53. The second-order valence-electron chi connectivity index (χ2n) is 5.17. The van der Waals surface area contributed by atoms with Crippen molar-refractivity contribution < 1.29 is 19.4 Å². The summed E-state index contributed by atoms with van der Waals surface area (Å²) >= 11 is 1.20. The first-order valence-corrected chi connectivity index (χ1v) is 8.49. The third-order valence-corrected chi connectivity index (χ3v) is 4.46. The normalized spacial score (nSPS) is 10.5. The molecular weight excluding hydrogens is 356 g/mol. The monoisotopic (exact) mass is 370 g/mol. The van der Waals surface area contributed by atoms with Gasteiger partial charge in [0, 0.05) is 5.56 Å². The van der Waals surface area contributed by atoms with Gasteiger partial charge in [-0.15, -0.1) is 5.10 Å². The summed E-state index contributed by atoms with van der Waals surface area (Å²) in [4.78, 5) is 23.2. The molecule has 9 heteroatoms. The van der Waals surface area contributed by atoms with Crippen molar-refractivity contribution in [1.82, 2.24) is 20.2 Å². The number of hydrogen-bond acceptors (Lipinski definition) is 7. The Labute approximate surface area is 152 Å². The molecule has 1 N–H and O–H groups in total. The number of thioether (sulfide) groups is 1. The number of tetrazole rings is 1. The van der Waals surface area contributed by atoms with Crippen LogP contribution in [-0.2, 0) is 0 Å². The van der Waals surface area contributed by atoms with E-state index in [-0.39, 0.29) is 17.1 Å². The number of hydrogen-bond donors (Lipinski definition) is 1. The zero-order valence-corrected chi connectivity index (χ0v) is 14.5. The highest BCUT2D eigenvalue weighted by Crippen LogP contribution is 2.20. The molecular formula is C17H14N4O4S. The van der Waals surface area contributed by atoms with Crippen LogP contribution in [0.2, 0.25) is 0 Å². The van der Waals surface area contributed by atoms with Gasteiger partial charge in [-0.25, -0.2) is 4.79 Å². The maximum atomic E-state index is 12.3. The van der Waals surface area contributed by atoms with Crippen molar-refractivity contribution in [1.29, 1.82) is 0 Å². The Bertz CT molecular complexity index is 923. The third-order valence-electron chi connectivity index (χ3n) is 3.54. The molecule has 132 valence electrons. The third kappa shape index (κ3) is 3.89. The van der Waals surface area contributed by atoms with Crippen LogP contribution < -0.4 is 4.74 Å². The molecule has 0 spiro atoms. The SMILES string of the molecule is COc1ccc(C(=O)CSc2nnnn2-c2ccc(C(=O)O)cc2)cc1. The van der Waals surface area contributed by atoms with E-state index in [9.17, 15) is 9.59 Å². The number of methoxy groups -OCH3 is 1. The van der Waals surface area contributed by atoms with Crippen LogP contribution in [0, 0.1) is 0 Å².